The molecular formula is C24H24N4O3. The number of hydrogen-bond acceptors (Lipinski definition) is 4. The Kier molecular flexibility index (Phi) is 5.93. The van der Waals surface area contributed by atoms with E-state index in [9.17, 15) is 14.4 Å². The average molecular weight is 416 g/mol. The molecule has 0 aliphatic carbocycles. The smallest absolute Gasteiger partial charge is 0.261 e. The number of benzene rings is 2. The average Bonchev–Trinajstić information content (AvgIpc) is 3.35. The Morgan fingerprint density at radius 1 is 1.03 bits per heavy atom. The van der Waals surface area contributed by atoms with Crippen molar-refractivity contribution in [2.45, 2.75) is 32.9 Å². The van der Waals surface area contributed by atoms with Crippen molar-refractivity contribution in [1.29, 1.82) is 0 Å². The number of nitrogens with zero attached hydrogens (tertiary/aromatic N) is 3. The highest BCUT2D eigenvalue weighted by molar-refractivity contribution is 6.21. The Labute approximate surface area is 180 Å². The zero-order chi connectivity index (χ0) is 21.8. The lowest BCUT2D eigenvalue weighted by Gasteiger charge is -2.14. The first-order valence-electron chi connectivity index (χ1n) is 10.3. The molecule has 3 amide bonds. The number of carbonyl (C=O) groups excluding carboxylic acids is 3. The van der Waals surface area contributed by atoms with Gasteiger partial charge in [-0.3, -0.25) is 19.3 Å². The van der Waals surface area contributed by atoms with Gasteiger partial charge in [-0.25, -0.2) is 4.98 Å². The lowest BCUT2D eigenvalue weighted by molar-refractivity contribution is -0.121. The SMILES string of the molecule is Cc1ccc2c(c1)C(=O)N(CCCC(=O)NCc1ccccc1Cn1ccnc1)C2=O. The predicted octanol–water partition coefficient (Wildman–Crippen LogP) is 2.93. The van der Waals surface area contributed by atoms with Gasteiger partial charge in [-0.15, -0.1) is 0 Å². The van der Waals surface area contributed by atoms with Gasteiger partial charge in [-0.05, 0) is 36.6 Å². The summed E-state index contributed by atoms with van der Waals surface area (Å²) in [6.07, 6.45) is 6.06. The normalized spacial score (nSPS) is 12.9. The van der Waals surface area contributed by atoms with E-state index in [1.165, 1.54) is 4.90 Å². The molecule has 0 radical (unpaired) electrons. The van der Waals surface area contributed by atoms with Crippen LogP contribution in [0.4, 0.5) is 0 Å². The van der Waals surface area contributed by atoms with Crippen LogP contribution in [-0.4, -0.2) is 38.7 Å². The number of aryl methyl sites for hydroxylation is 1. The summed E-state index contributed by atoms with van der Waals surface area (Å²) in [5, 5.41) is 2.94. The van der Waals surface area contributed by atoms with Crippen LogP contribution in [0, 0.1) is 6.92 Å². The number of imidazole rings is 1. The lowest BCUT2D eigenvalue weighted by Crippen LogP contribution is -2.32. The molecule has 31 heavy (non-hydrogen) atoms. The molecule has 3 aromatic rings. The van der Waals surface area contributed by atoms with Crippen molar-refractivity contribution in [3.8, 4) is 0 Å². The molecule has 0 spiro atoms. The van der Waals surface area contributed by atoms with Crippen molar-refractivity contribution < 1.29 is 14.4 Å². The standard InChI is InChI=1S/C24H24N4O3/c1-17-8-9-20-21(13-17)24(31)28(23(20)30)11-4-7-22(29)26-14-18-5-2-3-6-19(18)15-27-12-10-25-16-27/h2-3,5-6,8-10,12-13,16H,4,7,11,14-15H2,1H3,(H,26,29). The van der Waals surface area contributed by atoms with Gasteiger partial charge >= 0.3 is 0 Å². The van der Waals surface area contributed by atoms with Gasteiger partial charge in [-0.1, -0.05) is 35.9 Å². The second kappa shape index (κ2) is 8.95. The zero-order valence-electron chi connectivity index (χ0n) is 17.4. The van der Waals surface area contributed by atoms with Crippen molar-refractivity contribution in [3.63, 3.8) is 0 Å². The maximum Gasteiger partial charge on any atom is 0.261 e. The molecule has 0 saturated heterocycles. The summed E-state index contributed by atoms with van der Waals surface area (Å²) in [5.74, 6) is -0.670. The first kappa shape index (κ1) is 20.5. The quantitative estimate of drug-likeness (QED) is 0.572. The van der Waals surface area contributed by atoms with Crippen LogP contribution < -0.4 is 5.32 Å². The Bertz CT molecular complexity index is 1120. The van der Waals surface area contributed by atoms with E-state index in [0.29, 0.717) is 30.6 Å². The fourth-order valence-electron chi connectivity index (χ4n) is 3.75. The van der Waals surface area contributed by atoms with Crippen LogP contribution in [0.15, 0.2) is 61.2 Å². The number of rotatable bonds is 8. The summed E-state index contributed by atoms with van der Waals surface area (Å²) in [5.41, 5.74) is 3.98. The highest BCUT2D eigenvalue weighted by atomic mass is 16.2. The third-order valence-electron chi connectivity index (χ3n) is 5.42. The summed E-state index contributed by atoms with van der Waals surface area (Å²) in [4.78, 5) is 42.6. The predicted molar refractivity (Wildman–Crippen MR) is 115 cm³/mol. The molecule has 7 heteroatoms. The van der Waals surface area contributed by atoms with Crippen LogP contribution in [0.25, 0.3) is 0 Å². The van der Waals surface area contributed by atoms with Crippen LogP contribution in [0.5, 0.6) is 0 Å². The topological polar surface area (TPSA) is 84.3 Å². The van der Waals surface area contributed by atoms with Crippen LogP contribution in [0.2, 0.25) is 0 Å². The van der Waals surface area contributed by atoms with Crippen LogP contribution in [0.1, 0.15) is 50.2 Å². The number of carbonyl (C=O) groups is 3. The molecule has 1 N–H and O–H groups in total. The highest BCUT2D eigenvalue weighted by Crippen LogP contribution is 2.24. The van der Waals surface area contributed by atoms with E-state index in [0.717, 1.165) is 16.7 Å². The Morgan fingerprint density at radius 2 is 1.81 bits per heavy atom. The molecule has 2 aromatic carbocycles. The summed E-state index contributed by atoms with van der Waals surface area (Å²) in [7, 11) is 0. The van der Waals surface area contributed by atoms with E-state index in [1.54, 1.807) is 24.7 Å². The highest BCUT2D eigenvalue weighted by Gasteiger charge is 2.34. The van der Waals surface area contributed by atoms with Crippen molar-refractivity contribution in [2.75, 3.05) is 6.54 Å². The van der Waals surface area contributed by atoms with Crippen molar-refractivity contribution in [1.82, 2.24) is 19.8 Å². The molecule has 0 atom stereocenters. The van der Waals surface area contributed by atoms with E-state index in [4.69, 9.17) is 0 Å². The Hall–Kier alpha value is -3.74. The number of nitrogens with one attached hydrogen (secondary N) is 1. The van der Waals surface area contributed by atoms with Crippen molar-refractivity contribution >= 4 is 17.7 Å². The van der Waals surface area contributed by atoms with Gasteiger partial charge in [0.2, 0.25) is 5.91 Å². The fraction of sp³-hybridized carbons (Fsp3) is 0.250. The number of aromatic nitrogens is 2. The number of amides is 3. The number of fused-ring (bicyclic) bond motifs is 1. The second-order valence-electron chi connectivity index (χ2n) is 7.69. The molecule has 7 nitrogen and oxygen atoms in total. The largest absolute Gasteiger partial charge is 0.352 e. The third-order valence-corrected chi connectivity index (χ3v) is 5.42. The van der Waals surface area contributed by atoms with E-state index in [2.05, 4.69) is 10.3 Å². The van der Waals surface area contributed by atoms with Gasteiger partial charge in [0.05, 0.1) is 17.5 Å². The van der Waals surface area contributed by atoms with Gasteiger partial charge in [0.15, 0.2) is 0 Å². The first-order valence-corrected chi connectivity index (χ1v) is 10.3. The summed E-state index contributed by atoms with van der Waals surface area (Å²) in [6, 6.07) is 13.2. The van der Waals surface area contributed by atoms with Crippen molar-refractivity contribution in [3.05, 3.63) is 89.0 Å². The van der Waals surface area contributed by atoms with E-state index >= 15 is 0 Å². The van der Waals surface area contributed by atoms with E-state index in [-0.39, 0.29) is 30.7 Å². The minimum atomic E-state index is -0.283. The molecule has 0 fully saturated rings. The second-order valence-corrected chi connectivity index (χ2v) is 7.69. The van der Waals surface area contributed by atoms with Gasteiger partial charge in [0.1, 0.15) is 0 Å². The van der Waals surface area contributed by atoms with E-state index in [1.807, 2.05) is 48.0 Å². The van der Waals surface area contributed by atoms with Crippen LogP contribution >= 0.6 is 0 Å². The Balaban J connectivity index is 1.27. The van der Waals surface area contributed by atoms with Crippen molar-refractivity contribution in [2.24, 2.45) is 0 Å². The molecule has 4 rings (SSSR count). The molecule has 0 unspecified atom stereocenters. The van der Waals surface area contributed by atoms with Crippen LogP contribution in [-0.2, 0) is 17.9 Å². The van der Waals surface area contributed by atoms with Crippen LogP contribution in [0.3, 0.4) is 0 Å². The van der Waals surface area contributed by atoms with Gasteiger partial charge in [0.25, 0.3) is 11.8 Å². The summed E-state index contributed by atoms with van der Waals surface area (Å²) in [6.45, 7) is 3.23. The molecular weight excluding hydrogens is 392 g/mol. The molecule has 0 saturated carbocycles. The monoisotopic (exact) mass is 416 g/mol. The van der Waals surface area contributed by atoms with Gasteiger partial charge in [0, 0.05) is 38.4 Å². The molecule has 158 valence electrons. The zero-order valence-corrected chi connectivity index (χ0v) is 17.4. The first-order chi connectivity index (χ1) is 15.0. The molecule has 1 aliphatic rings. The minimum Gasteiger partial charge on any atom is -0.352 e. The lowest BCUT2D eigenvalue weighted by atomic mass is 10.1. The maximum absolute atomic E-state index is 12.5. The number of hydrogen-bond donors (Lipinski definition) is 1. The number of imide groups is 1. The molecule has 0 bridgehead atoms. The third kappa shape index (κ3) is 4.55. The summed E-state index contributed by atoms with van der Waals surface area (Å²) < 4.78 is 1.98. The molecule has 1 aliphatic heterocycles. The Morgan fingerprint density at radius 3 is 2.58 bits per heavy atom. The van der Waals surface area contributed by atoms with E-state index < -0.39 is 0 Å². The van der Waals surface area contributed by atoms with Gasteiger partial charge in [-0.2, -0.15) is 0 Å². The molecule has 1 aromatic heterocycles. The maximum atomic E-state index is 12.5. The summed E-state index contributed by atoms with van der Waals surface area (Å²) >= 11 is 0. The minimum absolute atomic E-state index is 0.107. The van der Waals surface area contributed by atoms with Gasteiger partial charge < -0.3 is 9.88 Å². The molecule has 2 heterocycles. The fourth-order valence-corrected chi connectivity index (χ4v) is 3.75.